The predicted molar refractivity (Wildman–Crippen MR) is 56.4 cm³/mol. The van der Waals surface area contributed by atoms with Gasteiger partial charge in [-0.1, -0.05) is 12.1 Å². The fourth-order valence-corrected chi connectivity index (χ4v) is 1.62. The molecule has 2 heteroatoms. The van der Waals surface area contributed by atoms with Gasteiger partial charge in [-0.3, -0.25) is 0 Å². The van der Waals surface area contributed by atoms with Gasteiger partial charge in [-0.05, 0) is 36.2 Å². The normalized spacial score (nSPS) is 10.4. The van der Waals surface area contributed by atoms with E-state index in [2.05, 4.69) is 10.6 Å². The zero-order valence-electron chi connectivity index (χ0n) is 8.14. The molecule has 14 heavy (non-hydrogen) atoms. The molecule has 2 rings (SSSR count). The van der Waals surface area contributed by atoms with Crippen LogP contribution in [0.5, 0.6) is 0 Å². The monoisotopic (exact) mass is 187 g/mol. The Labute approximate surface area is 83.4 Å². The summed E-state index contributed by atoms with van der Waals surface area (Å²) in [7, 11) is 0. The van der Waals surface area contributed by atoms with Crippen molar-refractivity contribution in [2.24, 2.45) is 0 Å². The Morgan fingerprint density at radius 1 is 1.14 bits per heavy atom. The lowest BCUT2D eigenvalue weighted by Gasteiger charge is -2.10. The summed E-state index contributed by atoms with van der Waals surface area (Å²) in [5.41, 5.74) is 3.24. The van der Waals surface area contributed by atoms with Gasteiger partial charge < -0.3 is 9.67 Å². The van der Waals surface area contributed by atoms with Gasteiger partial charge in [0, 0.05) is 18.1 Å². The lowest BCUT2D eigenvalue weighted by atomic mass is 10.1. The van der Waals surface area contributed by atoms with Crippen LogP contribution >= 0.6 is 0 Å². The maximum Gasteiger partial charge on any atom is 0.0685 e. The van der Waals surface area contributed by atoms with Gasteiger partial charge in [-0.15, -0.1) is 0 Å². The maximum atomic E-state index is 9.13. The third-order valence-electron chi connectivity index (χ3n) is 2.47. The minimum Gasteiger partial charge on any atom is -0.392 e. The Morgan fingerprint density at radius 2 is 1.86 bits per heavy atom. The first kappa shape index (κ1) is 9.03. The topological polar surface area (TPSA) is 25.2 Å². The second-order valence-corrected chi connectivity index (χ2v) is 3.31. The summed E-state index contributed by atoms with van der Waals surface area (Å²) in [6, 6.07) is 9.95. The quantitative estimate of drug-likeness (QED) is 0.766. The Hall–Kier alpha value is -1.54. The van der Waals surface area contributed by atoms with Crippen LogP contribution in [-0.4, -0.2) is 9.67 Å². The van der Waals surface area contributed by atoms with E-state index < -0.39 is 0 Å². The molecule has 0 aliphatic rings. The first-order chi connectivity index (χ1) is 6.83. The van der Waals surface area contributed by atoms with Gasteiger partial charge in [0.1, 0.15) is 0 Å². The van der Waals surface area contributed by atoms with Crippen molar-refractivity contribution in [3.63, 3.8) is 0 Å². The maximum absolute atomic E-state index is 9.13. The van der Waals surface area contributed by atoms with Crippen molar-refractivity contribution >= 4 is 0 Å². The molecule has 2 aromatic rings. The fourth-order valence-electron chi connectivity index (χ4n) is 1.62. The van der Waals surface area contributed by atoms with Gasteiger partial charge in [-0.2, -0.15) is 0 Å². The predicted octanol–water partition coefficient (Wildman–Crippen LogP) is 2.28. The molecule has 0 aliphatic heterocycles. The van der Waals surface area contributed by atoms with E-state index in [1.165, 1.54) is 0 Å². The average molecular weight is 187 g/mol. The van der Waals surface area contributed by atoms with E-state index in [4.69, 9.17) is 5.11 Å². The molecule has 0 fully saturated rings. The second kappa shape index (κ2) is 3.68. The highest BCUT2D eigenvalue weighted by atomic mass is 16.3. The number of aliphatic hydroxyl groups excluding tert-OH is 1. The molecule has 0 spiro atoms. The summed E-state index contributed by atoms with van der Waals surface area (Å²) in [4.78, 5) is 0. The van der Waals surface area contributed by atoms with Gasteiger partial charge in [0.25, 0.3) is 0 Å². The van der Waals surface area contributed by atoms with E-state index in [0.717, 1.165) is 16.8 Å². The highest BCUT2D eigenvalue weighted by Gasteiger charge is 2.03. The highest BCUT2D eigenvalue weighted by molar-refractivity contribution is 5.45. The van der Waals surface area contributed by atoms with Gasteiger partial charge >= 0.3 is 0 Å². The summed E-state index contributed by atoms with van der Waals surface area (Å²) in [5, 5.41) is 9.13. The number of aliphatic hydroxyl groups is 1. The molecule has 1 aromatic carbocycles. The molecule has 0 saturated heterocycles. The lowest BCUT2D eigenvalue weighted by Crippen LogP contribution is -1.97. The minimum atomic E-state index is 0.0982. The number of rotatable bonds is 2. The van der Waals surface area contributed by atoms with Gasteiger partial charge in [0.15, 0.2) is 0 Å². The standard InChI is InChI=1S/C12H13NO/c1-10-11(9-14)5-4-6-12(10)13-7-2-3-8-13/h2-8,14H,9H2,1H3. The van der Waals surface area contributed by atoms with Crippen LogP contribution in [0.2, 0.25) is 0 Å². The van der Waals surface area contributed by atoms with Crippen LogP contribution in [0.3, 0.4) is 0 Å². The van der Waals surface area contributed by atoms with E-state index in [1.54, 1.807) is 0 Å². The molecule has 0 amide bonds. The molecule has 0 unspecified atom stereocenters. The molecule has 1 heterocycles. The van der Waals surface area contributed by atoms with Crippen LogP contribution < -0.4 is 0 Å². The number of aromatic nitrogens is 1. The van der Waals surface area contributed by atoms with Crippen molar-refractivity contribution in [1.82, 2.24) is 4.57 Å². The first-order valence-electron chi connectivity index (χ1n) is 4.65. The SMILES string of the molecule is Cc1c(CO)cccc1-n1cccc1. The van der Waals surface area contributed by atoms with Crippen molar-refractivity contribution in [3.8, 4) is 5.69 Å². The van der Waals surface area contributed by atoms with E-state index in [0.29, 0.717) is 0 Å². The van der Waals surface area contributed by atoms with Crippen LogP contribution in [-0.2, 0) is 6.61 Å². The zero-order valence-corrected chi connectivity index (χ0v) is 8.14. The number of hydrogen-bond donors (Lipinski definition) is 1. The van der Waals surface area contributed by atoms with Crippen LogP contribution in [0.15, 0.2) is 42.7 Å². The van der Waals surface area contributed by atoms with Crippen molar-refractivity contribution in [1.29, 1.82) is 0 Å². The summed E-state index contributed by atoms with van der Waals surface area (Å²) in [6.45, 7) is 2.13. The number of hydrogen-bond acceptors (Lipinski definition) is 1. The van der Waals surface area contributed by atoms with E-state index >= 15 is 0 Å². The molecule has 1 N–H and O–H groups in total. The van der Waals surface area contributed by atoms with E-state index in [-0.39, 0.29) is 6.61 Å². The molecule has 0 radical (unpaired) electrons. The molecule has 0 atom stereocenters. The molecule has 0 aliphatic carbocycles. The van der Waals surface area contributed by atoms with Crippen molar-refractivity contribution in [3.05, 3.63) is 53.9 Å². The summed E-state index contributed by atoms with van der Waals surface area (Å²) in [5.74, 6) is 0. The van der Waals surface area contributed by atoms with Crippen LogP contribution in [0.1, 0.15) is 11.1 Å². The molecule has 0 saturated carbocycles. The molecule has 1 aromatic heterocycles. The number of benzene rings is 1. The van der Waals surface area contributed by atoms with Gasteiger partial charge in [-0.25, -0.2) is 0 Å². The van der Waals surface area contributed by atoms with Gasteiger partial charge in [0.2, 0.25) is 0 Å². The van der Waals surface area contributed by atoms with Crippen LogP contribution in [0.4, 0.5) is 0 Å². The molecule has 2 nitrogen and oxygen atoms in total. The highest BCUT2D eigenvalue weighted by Crippen LogP contribution is 2.17. The third-order valence-corrected chi connectivity index (χ3v) is 2.47. The third kappa shape index (κ3) is 1.44. The lowest BCUT2D eigenvalue weighted by molar-refractivity contribution is 0.281. The second-order valence-electron chi connectivity index (χ2n) is 3.31. The fraction of sp³-hybridized carbons (Fsp3) is 0.167. The Kier molecular flexibility index (Phi) is 2.37. The summed E-state index contributed by atoms with van der Waals surface area (Å²) < 4.78 is 2.05. The van der Waals surface area contributed by atoms with Crippen molar-refractivity contribution < 1.29 is 5.11 Å². The van der Waals surface area contributed by atoms with E-state index in [9.17, 15) is 0 Å². The van der Waals surface area contributed by atoms with E-state index in [1.807, 2.05) is 43.6 Å². The van der Waals surface area contributed by atoms with Crippen LogP contribution in [0.25, 0.3) is 5.69 Å². The Morgan fingerprint density at radius 3 is 2.50 bits per heavy atom. The smallest absolute Gasteiger partial charge is 0.0685 e. The minimum absolute atomic E-state index is 0.0982. The molecular weight excluding hydrogens is 174 g/mol. The van der Waals surface area contributed by atoms with Crippen molar-refractivity contribution in [2.75, 3.05) is 0 Å². The molecule has 72 valence electrons. The van der Waals surface area contributed by atoms with Crippen molar-refractivity contribution in [2.45, 2.75) is 13.5 Å². The molecular formula is C12H13NO. The number of nitrogens with zero attached hydrogens (tertiary/aromatic N) is 1. The Bertz CT molecular complexity index is 418. The largest absolute Gasteiger partial charge is 0.392 e. The summed E-state index contributed by atoms with van der Waals surface area (Å²) >= 11 is 0. The summed E-state index contributed by atoms with van der Waals surface area (Å²) in [6.07, 6.45) is 4.01. The zero-order chi connectivity index (χ0) is 9.97. The molecule has 0 bridgehead atoms. The average Bonchev–Trinajstić information content (AvgIpc) is 2.71. The Balaban J connectivity index is 2.54. The van der Waals surface area contributed by atoms with Gasteiger partial charge in [0.05, 0.1) is 6.61 Å². The van der Waals surface area contributed by atoms with Crippen LogP contribution in [0, 0.1) is 6.92 Å². The first-order valence-corrected chi connectivity index (χ1v) is 4.65.